The van der Waals surface area contributed by atoms with E-state index >= 15 is 0 Å². The van der Waals surface area contributed by atoms with E-state index in [1.807, 2.05) is 6.07 Å². The molecule has 0 fully saturated rings. The number of rotatable bonds is 0. The molecule has 1 aliphatic rings. The summed E-state index contributed by atoms with van der Waals surface area (Å²) >= 11 is 0. The molecule has 1 aromatic carbocycles. The summed E-state index contributed by atoms with van der Waals surface area (Å²) in [6.07, 6.45) is 0. The molecule has 1 aromatic rings. The molecule has 9 heavy (non-hydrogen) atoms. The third-order valence-electron chi connectivity index (χ3n) is 1.32. The number of fused-ring (bicyclic) bond motifs is 1. The quantitative estimate of drug-likeness (QED) is 0.349. The highest BCUT2D eigenvalue weighted by molar-refractivity contribution is 6.64. The Bertz CT molecular complexity index is 291. The summed E-state index contributed by atoms with van der Waals surface area (Å²) in [6.45, 7) is 0. The summed E-state index contributed by atoms with van der Waals surface area (Å²) < 4.78 is 0. The van der Waals surface area contributed by atoms with Gasteiger partial charge >= 0.3 is 0 Å². The monoisotopic (exact) mass is 128 g/mol. The van der Waals surface area contributed by atoms with Crippen molar-refractivity contribution in [3.8, 4) is 11.5 Å². The second-order valence-electron chi connectivity index (χ2n) is 1.92. The summed E-state index contributed by atoms with van der Waals surface area (Å²) in [6, 6.07) is 8.28. The van der Waals surface area contributed by atoms with Gasteiger partial charge in [0.2, 0.25) is 0 Å². The number of hydrogen-bond donors (Lipinski definition) is 0. The van der Waals surface area contributed by atoms with Gasteiger partial charge in [0, 0.05) is 5.56 Å². The molecule has 0 saturated heterocycles. The molecule has 0 aliphatic carbocycles. The van der Waals surface area contributed by atoms with Crippen molar-refractivity contribution >= 4 is 14.7 Å². The molecule has 0 atom stereocenters. The molecule has 0 unspecified atom stereocenters. The maximum absolute atomic E-state index is 3.07. The molecule has 0 nitrogen and oxygen atoms in total. The Morgan fingerprint density at radius 2 is 2.11 bits per heavy atom. The van der Waals surface area contributed by atoms with Crippen molar-refractivity contribution in [2.75, 3.05) is 0 Å². The Kier molecular flexibility index (Phi) is 0.940. The van der Waals surface area contributed by atoms with Crippen LogP contribution in [0.2, 0.25) is 0 Å². The van der Waals surface area contributed by atoms with Gasteiger partial charge in [0.25, 0.3) is 0 Å². The van der Waals surface area contributed by atoms with Crippen molar-refractivity contribution < 1.29 is 0 Å². The van der Waals surface area contributed by atoms with Gasteiger partial charge in [-0.3, -0.25) is 0 Å². The van der Waals surface area contributed by atoms with E-state index in [4.69, 9.17) is 0 Å². The van der Waals surface area contributed by atoms with Crippen LogP contribution in [0.3, 0.4) is 0 Å². The van der Waals surface area contributed by atoms with Gasteiger partial charge in [0.1, 0.15) is 0 Å². The third kappa shape index (κ3) is 0.683. The smallest absolute Gasteiger partial charge is 0.124 e. The summed E-state index contributed by atoms with van der Waals surface area (Å²) in [5, 5.41) is 1.37. The summed E-state index contributed by atoms with van der Waals surface area (Å²) in [5.41, 5.74) is 4.28. The molecule has 0 spiro atoms. The average Bonchev–Trinajstić information content (AvgIpc) is 2.33. The van der Waals surface area contributed by atoms with Gasteiger partial charge in [-0.2, -0.15) is 0 Å². The van der Waals surface area contributed by atoms with E-state index in [1.54, 1.807) is 0 Å². The van der Waals surface area contributed by atoms with Crippen LogP contribution in [0.1, 0.15) is 5.56 Å². The van der Waals surface area contributed by atoms with E-state index in [1.165, 1.54) is 10.8 Å². The maximum atomic E-state index is 3.07. The van der Waals surface area contributed by atoms with Gasteiger partial charge in [-0.1, -0.05) is 24.1 Å². The Balaban J connectivity index is 2.66. The van der Waals surface area contributed by atoms with Gasteiger partial charge in [0.15, 0.2) is 9.52 Å². The first-order valence-corrected chi connectivity index (χ1v) is 3.83. The largest absolute Gasteiger partial charge is 0.188 e. The minimum atomic E-state index is 0.719. The van der Waals surface area contributed by atoms with Crippen molar-refractivity contribution in [1.29, 1.82) is 0 Å². The molecule has 1 heteroatoms. The highest BCUT2D eigenvalue weighted by atomic mass is 28.2. The van der Waals surface area contributed by atoms with Crippen LogP contribution in [-0.2, 0) is 0 Å². The molecule has 0 aromatic heterocycles. The molecule has 0 bridgehead atoms. The van der Waals surface area contributed by atoms with Crippen LogP contribution >= 0.6 is 0 Å². The van der Waals surface area contributed by atoms with Crippen LogP contribution in [0.4, 0.5) is 0 Å². The predicted molar refractivity (Wildman–Crippen MR) is 38.7 cm³/mol. The Morgan fingerprint density at radius 1 is 1.22 bits per heavy atom. The lowest BCUT2D eigenvalue weighted by Gasteiger charge is -1.90. The first-order valence-electron chi connectivity index (χ1n) is 2.83. The minimum Gasteiger partial charge on any atom is -0.124 e. The second-order valence-corrected chi connectivity index (χ2v) is 2.96. The first kappa shape index (κ1) is 4.84. The fraction of sp³-hybridized carbons (Fsp3) is 0. The van der Waals surface area contributed by atoms with Gasteiger partial charge in [-0.05, 0) is 11.3 Å². The molecule has 40 valence electrons. The van der Waals surface area contributed by atoms with Crippen molar-refractivity contribution in [3.05, 3.63) is 29.8 Å². The van der Waals surface area contributed by atoms with Gasteiger partial charge < -0.3 is 0 Å². The van der Waals surface area contributed by atoms with Crippen molar-refractivity contribution in [2.45, 2.75) is 0 Å². The van der Waals surface area contributed by atoms with Gasteiger partial charge in [0.05, 0.1) is 0 Å². The Morgan fingerprint density at radius 3 is 3.00 bits per heavy atom. The second kappa shape index (κ2) is 1.75. The predicted octanol–water partition coefficient (Wildman–Crippen LogP) is 0.339. The normalized spacial score (nSPS) is 12.0. The van der Waals surface area contributed by atoms with E-state index < -0.39 is 0 Å². The van der Waals surface area contributed by atoms with Gasteiger partial charge in [-0.25, -0.2) is 0 Å². The molecular weight excluding hydrogens is 124 g/mol. The van der Waals surface area contributed by atoms with E-state index in [-0.39, 0.29) is 0 Å². The first-order chi connectivity index (χ1) is 4.47. The zero-order valence-corrected chi connectivity index (χ0v) is 5.81. The van der Waals surface area contributed by atoms with E-state index in [9.17, 15) is 0 Å². The Labute approximate surface area is 56.7 Å². The molecule has 1 aliphatic heterocycles. The fourth-order valence-electron chi connectivity index (χ4n) is 0.867. The lowest BCUT2D eigenvalue weighted by molar-refractivity contribution is 1.72. The van der Waals surface area contributed by atoms with Crippen molar-refractivity contribution in [3.63, 3.8) is 0 Å². The molecule has 0 N–H and O–H groups in total. The molecule has 2 rings (SSSR count). The lowest BCUT2D eigenvalue weighted by atomic mass is 10.2. The highest BCUT2D eigenvalue weighted by Gasteiger charge is 2.01. The molecule has 1 heterocycles. The van der Waals surface area contributed by atoms with Gasteiger partial charge in [-0.15, -0.1) is 5.54 Å². The van der Waals surface area contributed by atoms with Crippen LogP contribution in [0.5, 0.6) is 0 Å². The van der Waals surface area contributed by atoms with Crippen LogP contribution < -0.4 is 5.19 Å². The SMILES string of the molecule is C1#Cc2ccccc2[Si]1. The van der Waals surface area contributed by atoms with E-state index in [0.717, 1.165) is 9.52 Å². The van der Waals surface area contributed by atoms with Crippen LogP contribution in [0, 0.1) is 11.5 Å². The number of hydrogen-bond acceptors (Lipinski definition) is 0. The summed E-state index contributed by atoms with van der Waals surface area (Å²) in [4.78, 5) is 0. The van der Waals surface area contributed by atoms with Crippen LogP contribution in [-0.4, -0.2) is 9.52 Å². The average molecular weight is 128 g/mol. The lowest BCUT2D eigenvalue weighted by Crippen LogP contribution is -2.10. The molecule has 2 radical (unpaired) electrons. The van der Waals surface area contributed by atoms with Crippen molar-refractivity contribution in [1.82, 2.24) is 0 Å². The Hall–Kier alpha value is -1.00. The van der Waals surface area contributed by atoms with Crippen LogP contribution in [0.25, 0.3) is 0 Å². The third-order valence-corrected chi connectivity index (χ3v) is 2.28. The fourth-order valence-corrected chi connectivity index (χ4v) is 1.66. The van der Waals surface area contributed by atoms with Crippen LogP contribution in [0.15, 0.2) is 24.3 Å². The summed E-state index contributed by atoms with van der Waals surface area (Å²) in [7, 11) is 0.719. The van der Waals surface area contributed by atoms with Crippen molar-refractivity contribution in [2.24, 2.45) is 0 Å². The number of benzene rings is 1. The van der Waals surface area contributed by atoms with E-state index in [0.29, 0.717) is 0 Å². The topological polar surface area (TPSA) is 0 Å². The zero-order chi connectivity index (χ0) is 6.10. The minimum absolute atomic E-state index is 0.719. The standard InChI is InChI=1S/C8H4Si/c1-2-4-8-7(3-1)5-6-9-8/h1-4H. The maximum Gasteiger partial charge on any atom is 0.188 e. The molecule has 0 amide bonds. The summed E-state index contributed by atoms with van der Waals surface area (Å²) in [5.74, 6) is 3.06. The molecular formula is C8H4Si. The molecule has 0 saturated carbocycles. The highest BCUT2D eigenvalue weighted by Crippen LogP contribution is 1.95. The zero-order valence-electron chi connectivity index (χ0n) is 4.81. The van der Waals surface area contributed by atoms with E-state index in [2.05, 4.69) is 29.7 Å².